The second-order valence-electron chi connectivity index (χ2n) is 2.79. The van der Waals surface area contributed by atoms with Crippen molar-refractivity contribution in [1.29, 1.82) is 0 Å². The number of carbonyl (C=O) groups is 1. The molecule has 1 heterocycles. The molecular weight excluding hydrogens is 234 g/mol. The zero-order valence-electron chi connectivity index (χ0n) is 8.09. The quantitative estimate of drug-likeness (QED) is 0.373. The van der Waals surface area contributed by atoms with E-state index in [0.717, 1.165) is 6.21 Å². The standard InChI is InChI=1S/C7H10ClN7O/c8-4-6(12)15-5(11)3(14-4)7(16)13-1-2(9)10/h1-2H,9-10H2,(H4,11,12,15). The van der Waals surface area contributed by atoms with Crippen molar-refractivity contribution >= 4 is 35.4 Å². The highest BCUT2D eigenvalue weighted by Crippen LogP contribution is 2.17. The number of hydrogen-bond donors (Lipinski definition) is 4. The van der Waals surface area contributed by atoms with E-state index in [9.17, 15) is 4.79 Å². The summed E-state index contributed by atoms with van der Waals surface area (Å²) in [4.78, 5) is 22.2. The summed E-state index contributed by atoms with van der Waals surface area (Å²) in [6, 6.07) is 0. The van der Waals surface area contributed by atoms with E-state index in [1.54, 1.807) is 0 Å². The summed E-state index contributed by atoms with van der Waals surface area (Å²) in [6.45, 7) is 0. The van der Waals surface area contributed by atoms with Gasteiger partial charge in [0.05, 0.1) is 6.17 Å². The van der Waals surface area contributed by atoms with Gasteiger partial charge in [-0.1, -0.05) is 11.6 Å². The molecule has 16 heavy (non-hydrogen) atoms. The topological polar surface area (TPSA) is 159 Å². The molecule has 0 aliphatic rings. The highest BCUT2D eigenvalue weighted by molar-refractivity contribution is 6.31. The van der Waals surface area contributed by atoms with Crippen molar-refractivity contribution in [1.82, 2.24) is 9.97 Å². The molecule has 0 bridgehead atoms. The normalized spacial score (nSPS) is 11.2. The number of carbonyl (C=O) groups excluding carboxylic acids is 1. The largest absolute Gasteiger partial charge is 0.382 e. The molecule has 0 atom stereocenters. The van der Waals surface area contributed by atoms with Crippen LogP contribution in [0.25, 0.3) is 0 Å². The summed E-state index contributed by atoms with van der Waals surface area (Å²) in [6.07, 6.45) is 0.204. The molecule has 1 rings (SSSR count). The average Bonchev–Trinajstić information content (AvgIpc) is 2.20. The number of nitrogen functional groups attached to an aromatic ring is 2. The Morgan fingerprint density at radius 1 is 1.31 bits per heavy atom. The van der Waals surface area contributed by atoms with Gasteiger partial charge >= 0.3 is 0 Å². The van der Waals surface area contributed by atoms with Crippen LogP contribution < -0.4 is 22.9 Å². The zero-order valence-corrected chi connectivity index (χ0v) is 8.85. The van der Waals surface area contributed by atoms with Gasteiger partial charge in [0.2, 0.25) is 0 Å². The van der Waals surface area contributed by atoms with Crippen molar-refractivity contribution in [2.45, 2.75) is 6.17 Å². The van der Waals surface area contributed by atoms with Gasteiger partial charge in [0, 0.05) is 6.21 Å². The zero-order chi connectivity index (χ0) is 12.3. The van der Waals surface area contributed by atoms with Crippen LogP contribution >= 0.6 is 11.6 Å². The van der Waals surface area contributed by atoms with Crippen LogP contribution in [0, 0.1) is 0 Å². The molecule has 0 aromatic carbocycles. The van der Waals surface area contributed by atoms with E-state index >= 15 is 0 Å². The summed E-state index contributed by atoms with van der Waals surface area (Å²) >= 11 is 5.58. The molecular formula is C7H10ClN7O. The summed E-state index contributed by atoms with van der Waals surface area (Å²) in [5, 5.41) is -0.121. The van der Waals surface area contributed by atoms with Gasteiger partial charge in [-0.2, -0.15) is 0 Å². The van der Waals surface area contributed by atoms with Crippen molar-refractivity contribution in [2.24, 2.45) is 16.5 Å². The Labute approximate surface area is 95.7 Å². The smallest absolute Gasteiger partial charge is 0.299 e. The second-order valence-corrected chi connectivity index (χ2v) is 3.15. The predicted octanol–water partition coefficient (Wildman–Crippen LogP) is -1.25. The first kappa shape index (κ1) is 12.3. The highest BCUT2D eigenvalue weighted by atomic mass is 35.5. The molecule has 0 saturated carbocycles. The van der Waals surface area contributed by atoms with Crippen molar-refractivity contribution in [3.63, 3.8) is 0 Å². The lowest BCUT2D eigenvalue weighted by Crippen LogP contribution is -2.32. The first-order valence-corrected chi connectivity index (χ1v) is 4.47. The van der Waals surface area contributed by atoms with E-state index in [0.29, 0.717) is 0 Å². The Bertz CT molecular complexity index is 445. The molecule has 0 saturated heterocycles. The van der Waals surface area contributed by atoms with Crippen molar-refractivity contribution in [3.05, 3.63) is 10.8 Å². The van der Waals surface area contributed by atoms with E-state index in [-0.39, 0.29) is 22.5 Å². The number of halogens is 1. The molecule has 1 aromatic heterocycles. The summed E-state index contributed by atoms with van der Waals surface area (Å²) in [7, 11) is 0. The third kappa shape index (κ3) is 2.86. The van der Waals surface area contributed by atoms with E-state index in [2.05, 4.69) is 15.0 Å². The molecule has 86 valence electrons. The van der Waals surface area contributed by atoms with Crippen LogP contribution in [0.15, 0.2) is 4.99 Å². The molecule has 9 heteroatoms. The fraction of sp³-hybridized carbons (Fsp3) is 0.143. The Hall–Kier alpha value is -1.77. The third-order valence-corrected chi connectivity index (χ3v) is 1.75. The number of rotatable bonds is 2. The van der Waals surface area contributed by atoms with E-state index < -0.39 is 12.1 Å². The maximum atomic E-state index is 11.4. The monoisotopic (exact) mass is 243 g/mol. The fourth-order valence-corrected chi connectivity index (χ4v) is 0.941. The lowest BCUT2D eigenvalue weighted by Gasteiger charge is -2.02. The average molecular weight is 244 g/mol. The van der Waals surface area contributed by atoms with Crippen LogP contribution in [0.1, 0.15) is 10.5 Å². The Balaban J connectivity index is 3.05. The van der Waals surface area contributed by atoms with Gasteiger partial charge in [0.25, 0.3) is 5.91 Å². The number of anilines is 2. The number of hydrogen-bond acceptors (Lipinski definition) is 7. The molecule has 0 radical (unpaired) electrons. The number of aliphatic imine (C=N–C) groups is 1. The van der Waals surface area contributed by atoms with E-state index in [1.807, 2.05) is 0 Å². The van der Waals surface area contributed by atoms with Gasteiger partial charge in [-0.25, -0.2) is 15.0 Å². The van der Waals surface area contributed by atoms with Crippen LogP contribution in [0.5, 0.6) is 0 Å². The van der Waals surface area contributed by atoms with Crippen molar-refractivity contribution in [2.75, 3.05) is 11.5 Å². The molecule has 0 fully saturated rings. The lowest BCUT2D eigenvalue weighted by atomic mass is 10.4. The van der Waals surface area contributed by atoms with Gasteiger partial charge < -0.3 is 22.9 Å². The molecule has 8 N–H and O–H groups in total. The van der Waals surface area contributed by atoms with Crippen LogP contribution in [0.3, 0.4) is 0 Å². The van der Waals surface area contributed by atoms with Gasteiger partial charge in [0.1, 0.15) is 0 Å². The van der Waals surface area contributed by atoms with Gasteiger partial charge in [-0.3, -0.25) is 4.79 Å². The number of aromatic nitrogens is 2. The number of nitrogens with two attached hydrogens (primary N) is 4. The van der Waals surface area contributed by atoms with Crippen LogP contribution in [0.2, 0.25) is 5.15 Å². The first-order chi connectivity index (χ1) is 7.41. The first-order valence-electron chi connectivity index (χ1n) is 4.10. The summed E-state index contributed by atoms with van der Waals surface area (Å²) in [5.74, 6) is -0.960. The SMILES string of the molecule is Nc1nc(N)c(C(=O)N=CC(N)N)nc1Cl. The Morgan fingerprint density at radius 3 is 2.50 bits per heavy atom. The van der Waals surface area contributed by atoms with Crippen molar-refractivity contribution in [3.8, 4) is 0 Å². The lowest BCUT2D eigenvalue weighted by molar-refractivity contribution is 0.0999. The number of nitrogens with zero attached hydrogens (tertiary/aromatic N) is 3. The molecule has 1 aromatic rings. The minimum Gasteiger partial charge on any atom is -0.382 e. The molecule has 0 spiro atoms. The molecule has 0 aliphatic carbocycles. The van der Waals surface area contributed by atoms with Crippen LogP contribution in [-0.2, 0) is 0 Å². The van der Waals surface area contributed by atoms with Crippen molar-refractivity contribution < 1.29 is 4.79 Å². The Kier molecular flexibility index (Phi) is 3.72. The third-order valence-electron chi connectivity index (χ3n) is 1.47. The Morgan fingerprint density at radius 2 is 1.94 bits per heavy atom. The molecule has 0 aliphatic heterocycles. The predicted molar refractivity (Wildman–Crippen MR) is 60.9 cm³/mol. The minimum atomic E-state index is -0.845. The fourth-order valence-electron chi connectivity index (χ4n) is 0.814. The maximum absolute atomic E-state index is 11.4. The molecule has 8 nitrogen and oxygen atoms in total. The van der Waals surface area contributed by atoms with E-state index in [4.69, 9.17) is 34.5 Å². The van der Waals surface area contributed by atoms with Crippen LogP contribution in [-0.4, -0.2) is 28.3 Å². The van der Waals surface area contributed by atoms with Gasteiger partial charge in [0.15, 0.2) is 22.5 Å². The van der Waals surface area contributed by atoms with Crippen LogP contribution in [0.4, 0.5) is 11.6 Å². The molecule has 0 unspecified atom stereocenters. The van der Waals surface area contributed by atoms with E-state index in [1.165, 1.54) is 0 Å². The maximum Gasteiger partial charge on any atom is 0.299 e. The summed E-state index contributed by atoms with van der Waals surface area (Å²) in [5.41, 5.74) is 20.9. The minimum absolute atomic E-state index is 0.0600. The highest BCUT2D eigenvalue weighted by Gasteiger charge is 2.14. The summed E-state index contributed by atoms with van der Waals surface area (Å²) < 4.78 is 0. The second kappa shape index (κ2) is 4.84. The molecule has 1 amide bonds. The van der Waals surface area contributed by atoms with Gasteiger partial charge in [-0.05, 0) is 0 Å². The number of amides is 1. The van der Waals surface area contributed by atoms with Gasteiger partial charge in [-0.15, -0.1) is 0 Å².